The molecule has 0 bridgehead atoms. The number of fused-ring (bicyclic) bond motifs is 2. The van der Waals surface area contributed by atoms with Gasteiger partial charge in [-0.25, -0.2) is 14.5 Å². The van der Waals surface area contributed by atoms with Crippen molar-refractivity contribution in [2.75, 3.05) is 12.0 Å². The molecule has 5 rings (SSSR count). The summed E-state index contributed by atoms with van der Waals surface area (Å²) in [6, 6.07) is 16.0. The molecule has 1 fully saturated rings. The molecule has 0 saturated heterocycles. The maximum atomic E-state index is 14.6. The molecule has 2 aromatic rings. The second kappa shape index (κ2) is 11.7. The molecular weight excluding hydrogens is 639 g/mol. The van der Waals surface area contributed by atoms with E-state index in [9.17, 15) is 36.0 Å². The number of hydrogen-bond acceptors (Lipinski definition) is 8. The maximum absolute atomic E-state index is 14.6. The summed E-state index contributed by atoms with van der Waals surface area (Å²) in [6.45, 7) is 8.85. The molecule has 254 valence electrons. The van der Waals surface area contributed by atoms with E-state index in [2.05, 4.69) is 25.0 Å². The van der Waals surface area contributed by atoms with Crippen LogP contribution in [0.25, 0.3) is 0 Å². The minimum absolute atomic E-state index is 0.102. The number of carbonyl (C=O) groups excluding carboxylic acids is 3. The van der Waals surface area contributed by atoms with Gasteiger partial charge in [0.15, 0.2) is 0 Å². The van der Waals surface area contributed by atoms with E-state index in [1.807, 2.05) is 30.3 Å². The van der Waals surface area contributed by atoms with Gasteiger partial charge in [-0.1, -0.05) is 89.6 Å². The summed E-state index contributed by atoms with van der Waals surface area (Å²) in [7, 11) is -5.28. The number of ether oxygens (including phenoxy) is 2. The zero-order valence-corrected chi connectivity index (χ0v) is 27.8. The van der Waals surface area contributed by atoms with Gasteiger partial charge in [0.05, 0.1) is 23.8 Å². The summed E-state index contributed by atoms with van der Waals surface area (Å²) in [5, 5.41) is 0. The molecule has 13 heteroatoms. The van der Waals surface area contributed by atoms with Crippen molar-refractivity contribution in [2.45, 2.75) is 82.7 Å². The molecule has 1 spiro atoms. The van der Waals surface area contributed by atoms with Crippen LogP contribution in [0.3, 0.4) is 0 Å². The van der Waals surface area contributed by atoms with Crippen LogP contribution in [-0.2, 0) is 44.2 Å². The Bertz CT molecular complexity index is 1730. The minimum atomic E-state index is -6.25. The van der Waals surface area contributed by atoms with E-state index in [4.69, 9.17) is 9.47 Å². The minimum Gasteiger partial charge on any atom is -0.466 e. The fourth-order valence-electron chi connectivity index (χ4n) is 7.69. The molecule has 47 heavy (non-hydrogen) atoms. The van der Waals surface area contributed by atoms with E-state index >= 15 is 0 Å². The molecule has 2 aromatic carbocycles. The predicted molar refractivity (Wildman–Crippen MR) is 165 cm³/mol. The molecular formula is C34H38F3NO8S. The second-order valence-corrected chi connectivity index (χ2v) is 15.2. The third kappa shape index (κ3) is 5.40. The molecule has 0 N–H and O–H groups in total. The Hall–Kier alpha value is -3.87. The van der Waals surface area contributed by atoms with Crippen molar-refractivity contribution in [1.29, 1.82) is 0 Å². The lowest BCUT2D eigenvalue weighted by Crippen LogP contribution is -2.52. The number of imide groups is 1. The maximum Gasteiger partial charge on any atom is 0.534 e. The molecule has 2 aliphatic carbocycles. The number of nitrogens with zero attached hydrogens (tertiary/aromatic N) is 1. The van der Waals surface area contributed by atoms with E-state index in [1.165, 1.54) is 26.0 Å². The highest BCUT2D eigenvalue weighted by Crippen LogP contribution is 2.63. The van der Waals surface area contributed by atoms with Crippen molar-refractivity contribution in [3.05, 3.63) is 77.1 Å². The van der Waals surface area contributed by atoms with Crippen LogP contribution in [0.1, 0.15) is 71.4 Å². The second-order valence-electron chi connectivity index (χ2n) is 13.7. The van der Waals surface area contributed by atoms with Gasteiger partial charge in [0.1, 0.15) is 11.9 Å². The molecule has 1 heterocycles. The molecule has 1 aliphatic heterocycles. The van der Waals surface area contributed by atoms with Crippen molar-refractivity contribution in [3.63, 3.8) is 0 Å². The summed E-state index contributed by atoms with van der Waals surface area (Å²) < 4.78 is 80.5. The highest BCUT2D eigenvalue weighted by molar-refractivity contribution is 7.87. The molecule has 0 aromatic heterocycles. The fraction of sp³-hybridized carbons (Fsp3) is 0.500. The number of alkyl halides is 3. The third-order valence-electron chi connectivity index (χ3n) is 10.4. The number of esters is 1. The monoisotopic (exact) mass is 677 g/mol. The number of para-hydroxylation sites is 1. The topological polar surface area (TPSA) is 116 Å². The van der Waals surface area contributed by atoms with Crippen LogP contribution in [-0.4, -0.2) is 45.1 Å². The number of allylic oxidation sites excluding steroid dienone is 1. The standard InChI is InChI=1S/C34H38F3NO8S/c1-20-16-17-24(31(2,3)21-12-8-7-9-13-21)26(18-20)45-30(41)38-25-15-11-10-14-23(25)33(29(38)40)19-22(28(39)44-6)27(32(33,4)5)46-47(42,43)34(35,36)37/h7-15,20,24,26H,16-19H2,1-6H3/t20-,24-,26-,33-/m1/s1. The lowest BCUT2D eigenvalue weighted by atomic mass is 9.63. The van der Waals surface area contributed by atoms with Gasteiger partial charge in [0.25, 0.3) is 0 Å². The SMILES string of the molecule is COC(=O)C1=C(OS(=O)(=O)C(F)(F)F)C(C)(C)[C@@]2(C1)C(=O)N(C(=O)O[C@@H]1C[C@H](C)CC[C@H]1C(C)(C)c1ccccc1)c1ccccc12. The van der Waals surface area contributed by atoms with Gasteiger partial charge in [0.2, 0.25) is 5.91 Å². The number of methoxy groups -OCH3 is 1. The van der Waals surface area contributed by atoms with Gasteiger partial charge in [-0.2, -0.15) is 21.6 Å². The first-order chi connectivity index (χ1) is 21.8. The first-order valence-electron chi connectivity index (χ1n) is 15.3. The zero-order chi connectivity index (χ0) is 34.7. The number of anilines is 1. The summed E-state index contributed by atoms with van der Waals surface area (Å²) in [5.74, 6) is -2.81. The molecule has 1 saturated carbocycles. The molecule has 3 aliphatic rings. The van der Waals surface area contributed by atoms with Gasteiger partial charge in [-0.3, -0.25) is 4.79 Å². The van der Waals surface area contributed by atoms with E-state index in [0.29, 0.717) is 6.42 Å². The predicted octanol–water partition coefficient (Wildman–Crippen LogP) is 6.91. The van der Waals surface area contributed by atoms with Crippen LogP contribution in [0.2, 0.25) is 0 Å². The van der Waals surface area contributed by atoms with Gasteiger partial charge < -0.3 is 13.7 Å². The zero-order valence-electron chi connectivity index (χ0n) is 27.0. The van der Waals surface area contributed by atoms with Crippen molar-refractivity contribution in [2.24, 2.45) is 17.3 Å². The van der Waals surface area contributed by atoms with Gasteiger partial charge in [0, 0.05) is 17.8 Å². The van der Waals surface area contributed by atoms with Crippen molar-refractivity contribution in [3.8, 4) is 0 Å². The first-order valence-corrected chi connectivity index (χ1v) is 16.7. The van der Waals surface area contributed by atoms with Crippen molar-refractivity contribution in [1.82, 2.24) is 0 Å². The average Bonchev–Trinajstić information content (AvgIpc) is 3.39. The number of amides is 2. The van der Waals surface area contributed by atoms with E-state index in [0.717, 1.165) is 30.4 Å². The van der Waals surface area contributed by atoms with E-state index < -0.39 is 73.7 Å². The lowest BCUT2D eigenvalue weighted by molar-refractivity contribution is -0.136. The Labute approximate surface area is 272 Å². The Morgan fingerprint density at radius 3 is 2.21 bits per heavy atom. The average molecular weight is 678 g/mol. The third-order valence-corrected chi connectivity index (χ3v) is 11.3. The van der Waals surface area contributed by atoms with Crippen LogP contribution in [0.15, 0.2) is 65.9 Å². The number of hydrogen-bond donors (Lipinski definition) is 0. The molecule has 9 nitrogen and oxygen atoms in total. The van der Waals surface area contributed by atoms with Gasteiger partial charge in [-0.05, 0) is 41.4 Å². The van der Waals surface area contributed by atoms with Crippen LogP contribution in [0.5, 0.6) is 0 Å². The van der Waals surface area contributed by atoms with Crippen LogP contribution >= 0.6 is 0 Å². The quantitative estimate of drug-likeness (QED) is 0.184. The number of carbonyl (C=O) groups is 3. The molecule has 2 amide bonds. The molecule has 0 radical (unpaired) electrons. The van der Waals surface area contributed by atoms with E-state index in [-0.39, 0.29) is 23.1 Å². The normalized spacial score (nSPS) is 25.9. The number of benzene rings is 2. The lowest BCUT2D eigenvalue weighted by Gasteiger charge is -2.44. The first kappa shape index (κ1) is 34.5. The summed E-state index contributed by atoms with van der Waals surface area (Å²) in [5.41, 5.74) is -9.19. The van der Waals surface area contributed by atoms with Crippen LogP contribution in [0.4, 0.5) is 23.7 Å². The largest absolute Gasteiger partial charge is 0.534 e. The molecule has 0 unspecified atom stereocenters. The Morgan fingerprint density at radius 2 is 1.60 bits per heavy atom. The summed E-state index contributed by atoms with van der Waals surface area (Å²) in [4.78, 5) is 42.6. The fourth-order valence-corrected chi connectivity index (χ4v) is 8.31. The van der Waals surface area contributed by atoms with Gasteiger partial charge >= 0.3 is 27.7 Å². The number of halogens is 3. The smallest absolute Gasteiger partial charge is 0.466 e. The summed E-state index contributed by atoms with van der Waals surface area (Å²) >= 11 is 0. The Morgan fingerprint density at radius 1 is 0.979 bits per heavy atom. The Kier molecular flexibility index (Phi) is 8.56. The number of rotatable bonds is 6. The van der Waals surface area contributed by atoms with Gasteiger partial charge in [-0.15, -0.1) is 0 Å². The Balaban J connectivity index is 1.55. The summed E-state index contributed by atoms with van der Waals surface area (Å²) in [6.07, 6.45) is 0.106. The highest BCUT2D eigenvalue weighted by atomic mass is 32.2. The van der Waals surface area contributed by atoms with Crippen LogP contribution < -0.4 is 4.90 Å². The molecule has 4 atom stereocenters. The highest BCUT2D eigenvalue weighted by Gasteiger charge is 2.69. The van der Waals surface area contributed by atoms with Crippen LogP contribution in [0, 0.1) is 17.3 Å². The van der Waals surface area contributed by atoms with E-state index in [1.54, 1.807) is 12.1 Å². The van der Waals surface area contributed by atoms with Crippen molar-refractivity contribution >= 4 is 33.8 Å². The van der Waals surface area contributed by atoms with Crippen molar-refractivity contribution < 1.29 is 49.6 Å².